The molecule has 6 aromatic rings. The van der Waals surface area contributed by atoms with E-state index in [1.165, 1.54) is 23.1 Å². The molecule has 22 nitrogen and oxygen atoms in total. The van der Waals surface area contributed by atoms with Crippen LogP contribution in [0.5, 0.6) is 11.5 Å². The second-order valence-electron chi connectivity index (χ2n) is 22.4. The minimum Gasteiger partial charge on any atom is -0.497 e. The first-order valence-electron chi connectivity index (χ1n) is 30.0. The maximum Gasteiger partial charge on any atom is 0.326 e. The number of hydrogen-bond donors (Lipinski definition) is 2. The molecule has 90 heavy (non-hydrogen) atoms. The Balaban J connectivity index is 0.633. The molecular formula is C65H73Cl2FN12O10. The summed E-state index contributed by atoms with van der Waals surface area (Å²) in [6, 6.07) is 26.6. The Bertz CT molecular complexity index is 3620. The third kappa shape index (κ3) is 15.1. The Morgan fingerprint density at radius 2 is 1.50 bits per heavy atom. The highest BCUT2D eigenvalue weighted by molar-refractivity contribution is 6.30. The zero-order chi connectivity index (χ0) is 63.4. The predicted molar refractivity (Wildman–Crippen MR) is 336 cm³/mol. The van der Waals surface area contributed by atoms with E-state index in [-0.39, 0.29) is 106 Å². The largest absolute Gasteiger partial charge is 0.497 e. The topological polar surface area (TPSA) is 245 Å². The van der Waals surface area contributed by atoms with Crippen LogP contribution >= 0.6 is 23.2 Å². The molecule has 4 aromatic carbocycles. The van der Waals surface area contributed by atoms with Crippen molar-refractivity contribution in [2.24, 2.45) is 4.99 Å². The number of pyridine rings is 1. The molecule has 4 aliphatic heterocycles. The number of amidine groups is 1. The Kier molecular flexibility index (Phi) is 21.5. The molecule has 0 saturated carbocycles. The van der Waals surface area contributed by atoms with Crippen LogP contribution in [0.1, 0.15) is 95.2 Å². The van der Waals surface area contributed by atoms with Gasteiger partial charge in [0.15, 0.2) is 5.69 Å². The summed E-state index contributed by atoms with van der Waals surface area (Å²) in [6.45, 7) is 7.88. The number of fused-ring (bicyclic) bond motifs is 8. The molecule has 2 bridgehead atoms. The maximum absolute atomic E-state index is 15.1. The molecule has 0 unspecified atom stereocenters. The zero-order valence-corrected chi connectivity index (χ0v) is 52.3. The van der Waals surface area contributed by atoms with Gasteiger partial charge in [-0.2, -0.15) is 10.4 Å². The number of hydrogen-bond acceptors (Lipinski definition) is 16. The molecule has 0 aliphatic carbocycles. The number of carbonyl (C=O) groups is 4. The van der Waals surface area contributed by atoms with Crippen molar-refractivity contribution in [1.29, 1.82) is 5.26 Å². The van der Waals surface area contributed by atoms with E-state index in [0.717, 1.165) is 17.5 Å². The first-order chi connectivity index (χ1) is 43.6. The number of carbonyl (C=O) groups excluding carboxylic acids is 4. The third-order valence-electron chi connectivity index (χ3n) is 16.1. The van der Waals surface area contributed by atoms with Gasteiger partial charge in [-0.15, -0.1) is 0 Å². The Labute approximate surface area is 532 Å². The molecule has 474 valence electrons. The van der Waals surface area contributed by atoms with Gasteiger partial charge in [0.05, 0.1) is 108 Å². The van der Waals surface area contributed by atoms with Gasteiger partial charge in [0.2, 0.25) is 11.8 Å². The SMILES string of the molecule is COc1ccc(C2=N[C@@H](c3ccc(Cl)cc3)[C@@H](c3ccc(Cl)cc3)N2C(=O)N2CCN(CCOCCOCCOCCOCCC(=O)NCCn3nc(C#N)c4c3CN(C)C(=O)c3ccc(F)cc3[C@H]3CCCN3c3cc-4cnc3N)C(=O)C2)c(OC(C)C)c1. The van der Waals surface area contributed by atoms with Crippen molar-refractivity contribution in [3.8, 4) is 28.7 Å². The van der Waals surface area contributed by atoms with Crippen LogP contribution in [-0.4, -0.2) is 176 Å². The van der Waals surface area contributed by atoms with Crippen LogP contribution in [0, 0.1) is 17.1 Å². The van der Waals surface area contributed by atoms with Crippen molar-refractivity contribution >= 4 is 64.3 Å². The van der Waals surface area contributed by atoms with Gasteiger partial charge in [-0.05, 0) is 104 Å². The fourth-order valence-corrected chi connectivity index (χ4v) is 12.0. The number of ether oxygens (including phenoxy) is 6. The highest BCUT2D eigenvalue weighted by Crippen LogP contribution is 2.47. The number of benzene rings is 4. The van der Waals surface area contributed by atoms with E-state index in [4.69, 9.17) is 62.3 Å². The fourth-order valence-electron chi connectivity index (χ4n) is 11.7. The number of nitriles is 1. The minimum atomic E-state index is -0.627. The number of nitrogens with two attached hydrogens (primary N) is 1. The highest BCUT2D eigenvalue weighted by Gasteiger charge is 2.46. The molecular weight excluding hydrogens is 1200 g/mol. The molecule has 6 heterocycles. The van der Waals surface area contributed by atoms with E-state index >= 15 is 4.79 Å². The lowest BCUT2D eigenvalue weighted by molar-refractivity contribution is -0.135. The number of aromatic nitrogens is 3. The van der Waals surface area contributed by atoms with Crippen LogP contribution < -0.4 is 25.4 Å². The molecule has 2 aromatic heterocycles. The van der Waals surface area contributed by atoms with Gasteiger partial charge in [0.1, 0.15) is 47.6 Å². The van der Waals surface area contributed by atoms with Crippen molar-refractivity contribution in [3.05, 3.63) is 152 Å². The Morgan fingerprint density at radius 1 is 0.822 bits per heavy atom. The van der Waals surface area contributed by atoms with E-state index in [9.17, 15) is 24.0 Å². The van der Waals surface area contributed by atoms with Crippen molar-refractivity contribution in [1.82, 2.24) is 39.7 Å². The summed E-state index contributed by atoms with van der Waals surface area (Å²) >= 11 is 12.7. The van der Waals surface area contributed by atoms with Crippen LogP contribution in [0.15, 0.2) is 102 Å². The van der Waals surface area contributed by atoms with Gasteiger partial charge in [-0.25, -0.2) is 14.2 Å². The average molecular weight is 1270 g/mol. The molecule has 0 radical (unpaired) electrons. The smallest absolute Gasteiger partial charge is 0.326 e. The number of nitrogens with zero attached hydrogens (tertiary/aromatic N) is 10. The van der Waals surface area contributed by atoms with Gasteiger partial charge in [0.25, 0.3) is 5.91 Å². The lowest BCUT2D eigenvalue weighted by atomic mass is 9.93. The van der Waals surface area contributed by atoms with Gasteiger partial charge in [0, 0.05) is 85.2 Å². The number of anilines is 2. The van der Waals surface area contributed by atoms with E-state index in [2.05, 4.69) is 21.5 Å². The minimum absolute atomic E-state index is 0.0569. The number of methoxy groups -OCH3 is 1. The van der Waals surface area contributed by atoms with Gasteiger partial charge < -0.3 is 59.1 Å². The van der Waals surface area contributed by atoms with E-state index in [1.807, 2.05) is 55.1 Å². The number of rotatable bonds is 24. The van der Waals surface area contributed by atoms with Gasteiger partial charge in [-0.1, -0.05) is 47.5 Å². The summed E-state index contributed by atoms with van der Waals surface area (Å²) in [4.78, 5) is 74.1. The predicted octanol–water partition coefficient (Wildman–Crippen LogP) is 8.65. The average Bonchev–Trinajstić information content (AvgIpc) is 1.58. The summed E-state index contributed by atoms with van der Waals surface area (Å²) in [5, 5.41) is 18.9. The number of nitrogen functional groups attached to an aromatic ring is 1. The molecule has 25 heteroatoms. The maximum atomic E-state index is 15.1. The van der Waals surface area contributed by atoms with E-state index < -0.39 is 17.9 Å². The van der Waals surface area contributed by atoms with Gasteiger partial charge >= 0.3 is 6.03 Å². The van der Waals surface area contributed by atoms with Crippen molar-refractivity contribution in [2.75, 3.05) is 117 Å². The quantitative estimate of drug-likeness (QED) is 0.0539. The number of piperazine rings is 1. The number of amides is 5. The summed E-state index contributed by atoms with van der Waals surface area (Å²) in [7, 11) is 3.23. The normalized spacial score (nSPS) is 17.3. The van der Waals surface area contributed by atoms with Crippen LogP contribution in [0.3, 0.4) is 0 Å². The Hall–Kier alpha value is -8.37. The molecule has 0 spiro atoms. The van der Waals surface area contributed by atoms with Crippen molar-refractivity contribution in [2.45, 2.75) is 70.4 Å². The lowest BCUT2D eigenvalue weighted by Crippen LogP contribution is -2.56. The first-order valence-corrected chi connectivity index (χ1v) is 30.8. The lowest BCUT2D eigenvalue weighted by Gasteiger charge is -2.38. The molecule has 2 saturated heterocycles. The third-order valence-corrected chi connectivity index (χ3v) is 16.6. The fraction of sp³-hybridized carbons (Fsp3) is 0.415. The van der Waals surface area contributed by atoms with Gasteiger partial charge in [-0.3, -0.25) is 29.0 Å². The van der Waals surface area contributed by atoms with Crippen molar-refractivity contribution < 1.29 is 52.0 Å². The number of nitrogens with one attached hydrogen (secondary N) is 1. The van der Waals surface area contributed by atoms with Crippen LogP contribution in [0.4, 0.5) is 20.7 Å². The highest BCUT2D eigenvalue weighted by atomic mass is 35.5. The molecule has 10 rings (SSSR count). The first kappa shape index (κ1) is 64.6. The summed E-state index contributed by atoms with van der Waals surface area (Å²) < 4.78 is 51.1. The molecule has 4 aliphatic rings. The second-order valence-corrected chi connectivity index (χ2v) is 23.2. The molecule has 2 fully saturated rings. The summed E-state index contributed by atoms with van der Waals surface area (Å²) in [6.07, 6.45) is 2.96. The van der Waals surface area contributed by atoms with Crippen molar-refractivity contribution in [3.63, 3.8) is 0 Å². The zero-order valence-electron chi connectivity index (χ0n) is 50.7. The molecule has 3 atom stereocenters. The second kappa shape index (κ2) is 30.0. The van der Waals surface area contributed by atoms with Crippen LogP contribution in [-0.2, 0) is 41.6 Å². The number of halogens is 3. The standard InChI is InChI=1S/C65H73Cl2FN12O10/c1-41(2)90-56-36-48(85-4)16-18-50(56)63-73-60(42-7-11-45(66)12-8-42)61(43-9-13-46(67)14-10-43)80(63)65(84)77-24-23-76(58(82)40-77)25-27-87-29-31-89-33-32-88-30-28-86-26-19-57(81)71-20-22-79-55-39-75(3)64(83)49-17-15-47(68)35-51(49)53-6-5-21-78(53)54-34-44(38-72-62(54)70)59(55)52(37-69)74-79/h7-18,34-36,38,41,53,60-61H,5-6,19-33,39-40H2,1-4H3,(H2,70,72)(H,71,81)/t53-,60+,61-/m1/s1. The number of urea groups is 1. The summed E-state index contributed by atoms with van der Waals surface area (Å²) in [5.41, 5.74) is 12.0. The van der Waals surface area contributed by atoms with Crippen LogP contribution in [0.25, 0.3) is 11.1 Å². The van der Waals surface area contributed by atoms with Crippen LogP contribution in [0.2, 0.25) is 10.0 Å². The number of aliphatic imine (C=N–C) groups is 1. The van der Waals surface area contributed by atoms with E-state index in [0.29, 0.717) is 126 Å². The molecule has 3 N–H and O–H groups in total. The Morgan fingerprint density at radius 3 is 2.18 bits per heavy atom. The monoisotopic (exact) mass is 1270 g/mol. The summed E-state index contributed by atoms with van der Waals surface area (Å²) in [5.74, 6) is 0.500. The van der Waals surface area contributed by atoms with E-state index in [1.54, 1.807) is 76.1 Å². The molecule has 5 amide bonds.